The van der Waals surface area contributed by atoms with Crippen LogP contribution < -0.4 is 0 Å². The molecule has 0 amide bonds. The van der Waals surface area contributed by atoms with E-state index in [1.54, 1.807) is 22.6 Å². The van der Waals surface area contributed by atoms with E-state index in [1.165, 1.54) is 12.1 Å². The Labute approximate surface area is 158 Å². The third-order valence-corrected chi connectivity index (χ3v) is 4.96. The third-order valence-electron chi connectivity index (χ3n) is 3.42. The van der Waals surface area contributed by atoms with Crippen molar-refractivity contribution in [3.63, 3.8) is 0 Å². The Morgan fingerprint density at radius 3 is 2.17 bits per heavy atom. The fourth-order valence-corrected chi connectivity index (χ4v) is 3.27. The molecule has 0 fully saturated rings. The van der Waals surface area contributed by atoms with Gasteiger partial charge in [-0.05, 0) is 50.7 Å². The fraction of sp³-hybridized carbons (Fsp3) is 0. The summed E-state index contributed by atoms with van der Waals surface area (Å²) in [5.41, 5.74) is 0.443. The summed E-state index contributed by atoms with van der Waals surface area (Å²) in [4.78, 5) is 15.7. The zero-order chi connectivity index (χ0) is 17.2. The minimum Gasteiger partial charge on any atom is -0.235 e. The van der Waals surface area contributed by atoms with Crippen molar-refractivity contribution in [1.82, 2.24) is 19.9 Å². The molecule has 4 aromatic rings. The molecule has 2 aromatic heterocycles. The summed E-state index contributed by atoms with van der Waals surface area (Å²) in [6, 6.07) is 2.64. The number of nitrogens with zero attached hydrogens (tertiary/aromatic N) is 4. The first-order valence-electron chi connectivity index (χ1n) is 6.33. The van der Waals surface area contributed by atoms with E-state index in [2.05, 4.69) is 35.9 Å². The number of benzene rings is 2. The normalized spacial score (nSPS) is 11.8. The molecule has 0 unspecified atom stereocenters. The van der Waals surface area contributed by atoms with Gasteiger partial charge in [0.25, 0.3) is 5.95 Å². The molecule has 0 saturated heterocycles. The molecule has 0 bridgehead atoms. The first-order chi connectivity index (χ1) is 11.4. The van der Waals surface area contributed by atoms with Crippen molar-refractivity contribution < 1.29 is 13.2 Å². The highest BCUT2D eigenvalue weighted by atomic mass is 127. The molecule has 0 aliphatic heterocycles. The second-order valence-corrected chi connectivity index (χ2v) is 7.05. The number of rotatable bonds is 0. The van der Waals surface area contributed by atoms with Gasteiger partial charge in [-0.2, -0.15) is 8.78 Å². The SMILES string of the molecule is Fc1cc2c(cc1Br)c1nc(F)c(Cl)nc1c1nc(F)c(I)nc21. The molecular formula is C14H2BrClF3IN4. The molecule has 0 radical (unpaired) electrons. The predicted molar refractivity (Wildman–Crippen MR) is 95.4 cm³/mol. The highest BCUT2D eigenvalue weighted by molar-refractivity contribution is 14.1. The number of fused-ring (bicyclic) bond motifs is 6. The average molecular weight is 525 g/mol. The second-order valence-electron chi connectivity index (χ2n) is 4.82. The van der Waals surface area contributed by atoms with E-state index >= 15 is 0 Å². The molecule has 0 N–H and O–H groups in total. The Morgan fingerprint density at radius 1 is 0.833 bits per heavy atom. The van der Waals surface area contributed by atoms with Crippen LogP contribution in [0.3, 0.4) is 0 Å². The van der Waals surface area contributed by atoms with E-state index in [-0.39, 0.29) is 30.2 Å². The van der Waals surface area contributed by atoms with Gasteiger partial charge in [0.1, 0.15) is 27.9 Å². The van der Waals surface area contributed by atoms with Crippen molar-refractivity contribution in [3.05, 3.63) is 43.2 Å². The van der Waals surface area contributed by atoms with Crippen molar-refractivity contribution in [2.45, 2.75) is 0 Å². The van der Waals surface area contributed by atoms with Crippen molar-refractivity contribution in [2.24, 2.45) is 0 Å². The molecule has 0 aliphatic rings. The summed E-state index contributed by atoms with van der Waals surface area (Å²) < 4.78 is 41.9. The van der Waals surface area contributed by atoms with E-state index in [1.807, 2.05) is 0 Å². The van der Waals surface area contributed by atoms with Crippen LogP contribution in [0.2, 0.25) is 5.15 Å². The molecule has 120 valence electrons. The molecule has 0 spiro atoms. The molecule has 0 saturated carbocycles. The maximum absolute atomic E-state index is 14.0. The van der Waals surface area contributed by atoms with Crippen LogP contribution in [0.15, 0.2) is 16.6 Å². The lowest BCUT2D eigenvalue weighted by Gasteiger charge is -2.10. The first kappa shape index (κ1) is 16.2. The summed E-state index contributed by atoms with van der Waals surface area (Å²) in [6.45, 7) is 0. The van der Waals surface area contributed by atoms with Gasteiger partial charge in [-0.25, -0.2) is 24.3 Å². The second kappa shape index (κ2) is 5.60. The lowest BCUT2D eigenvalue weighted by molar-refractivity contribution is 0.574. The van der Waals surface area contributed by atoms with Crippen LogP contribution in [0.5, 0.6) is 0 Å². The smallest absolute Gasteiger partial charge is 0.235 e. The van der Waals surface area contributed by atoms with Crippen molar-refractivity contribution >= 4 is 83.0 Å². The van der Waals surface area contributed by atoms with Crippen LogP contribution in [-0.2, 0) is 0 Å². The topological polar surface area (TPSA) is 51.6 Å². The Balaban J connectivity index is 2.40. The summed E-state index contributed by atoms with van der Waals surface area (Å²) in [6.07, 6.45) is 0. The van der Waals surface area contributed by atoms with Gasteiger partial charge in [-0.3, -0.25) is 0 Å². The van der Waals surface area contributed by atoms with E-state index in [9.17, 15) is 13.2 Å². The Hall–Kier alpha value is -1.33. The van der Waals surface area contributed by atoms with Crippen LogP contribution in [0.4, 0.5) is 13.2 Å². The van der Waals surface area contributed by atoms with E-state index in [0.717, 1.165) is 0 Å². The average Bonchev–Trinajstić information content (AvgIpc) is 2.53. The van der Waals surface area contributed by atoms with Gasteiger partial charge < -0.3 is 0 Å². The van der Waals surface area contributed by atoms with E-state index in [4.69, 9.17) is 11.6 Å². The van der Waals surface area contributed by atoms with Gasteiger partial charge in [0.2, 0.25) is 5.95 Å². The summed E-state index contributed by atoms with van der Waals surface area (Å²) >= 11 is 10.5. The first-order valence-corrected chi connectivity index (χ1v) is 8.58. The number of aromatic nitrogens is 4. The van der Waals surface area contributed by atoms with Crippen LogP contribution >= 0.6 is 50.1 Å². The Bertz CT molecular complexity index is 921. The molecule has 2 heterocycles. The molecule has 2 aromatic carbocycles. The lowest BCUT2D eigenvalue weighted by Crippen LogP contribution is -2.00. The van der Waals surface area contributed by atoms with Gasteiger partial charge in [-0.15, -0.1) is 0 Å². The van der Waals surface area contributed by atoms with E-state index in [0.29, 0.717) is 10.8 Å². The van der Waals surface area contributed by atoms with Crippen LogP contribution in [-0.4, -0.2) is 19.9 Å². The molecule has 0 atom stereocenters. The molecule has 0 aliphatic carbocycles. The number of hydrogen-bond donors (Lipinski definition) is 0. The van der Waals surface area contributed by atoms with Crippen LogP contribution in [0, 0.1) is 21.4 Å². The third kappa shape index (κ3) is 2.32. The standard InChI is InChI=1S/C14H2BrClF3IN4/c15-5-1-3-4(2-6(5)17)8-10(23-13(19)14(20)24-8)9-7(3)22-12(18)11(16)21-9/h1-2H. The Morgan fingerprint density at radius 2 is 1.42 bits per heavy atom. The van der Waals surface area contributed by atoms with Crippen LogP contribution in [0.1, 0.15) is 0 Å². The van der Waals surface area contributed by atoms with Gasteiger partial charge >= 0.3 is 0 Å². The minimum atomic E-state index is -0.982. The lowest BCUT2D eigenvalue weighted by atomic mass is 10.1. The van der Waals surface area contributed by atoms with Crippen LogP contribution in [0.25, 0.3) is 32.8 Å². The maximum Gasteiger partial charge on any atom is 0.251 e. The molecule has 24 heavy (non-hydrogen) atoms. The molecular weight excluding hydrogens is 523 g/mol. The Kier molecular flexibility index (Phi) is 3.77. The van der Waals surface area contributed by atoms with Crippen molar-refractivity contribution in [1.29, 1.82) is 0 Å². The number of halogens is 6. The van der Waals surface area contributed by atoms with Gasteiger partial charge in [0, 0.05) is 10.8 Å². The zero-order valence-corrected chi connectivity index (χ0v) is 15.7. The largest absolute Gasteiger partial charge is 0.251 e. The highest BCUT2D eigenvalue weighted by Gasteiger charge is 2.19. The quantitative estimate of drug-likeness (QED) is 0.235. The highest BCUT2D eigenvalue weighted by Crippen LogP contribution is 2.35. The number of hydrogen-bond acceptors (Lipinski definition) is 4. The maximum atomic E-state index is 14.0. The summed E-state index contributed by atoms with van der Waals surface area (Å²) in [5.74, 6) is -2.35. The van der Waals surface area contributed by atoms with Gasteiger partial charge in [0.15, 0.2) is 8.85 Å². The van der Waals surface area contributed by atoms with Gasteiger partial charge in [0.05, 0.1) is 4.47 Å². The molecule has 10 heteroatoms. The van der Waals surface area contributed by atoms with Crippen molar-refractivity contribution in [3.8, 4) is 0 Å². The van der Waals surface area contributed by atoms with Crippen molar-refractivity contribution in [2.75, 3.05) is 0 Å². The van der Waals surface area contributed by atoms with E-state index < -0.39 is 22.9 Å². The predicted octanol–water partition coefficient (Wildman–Crippen LogP) is 5.16. The monoisotopic (exact) mass is 524 g/mol. The molecule has 4 rings (SSSR count). The van der Waals surface area contributed by atoms with Gasteiger partial charge in [-0.1, -0.05) is 11.6 Å². The molecule has 4 nitrogen and oxygen atoms in total. The minimum absolute atomic E-state index is 0.0187. The zero-order valence-electron chi connectivity index (χ0n) is 11.2. The summed E-state index contributed by atoms with van der Waals surface area (Å²) in [5, 5.41) is 0.246. The summed E-state index contributed by atoms with van der Waals surface area (Å²) in [7, 11) is 0. The fourth-order valence-electron chi connectivity index (χ4n) is 2.43.